The van der Waals surface area contributed by atoms with Crippen LogP contribution in [0.25, 0.3) is 21.7 Å². The molecule has 0 saturated heterocycles. The van der Waals surface area contributed by atoms with Gasteiger partial charge < -0.3 is 16.4 Å². The molecule has 3 rings (SSSR count). The van der Waals surface area contributed by atoms with E-state index in [1.54, 1.807) is 0 Å². The summed E-state index contributed by atoms with van der Waals surface area (Å²) in [5, 5.41) is 2.89. The molecule has 0 unspecified atom stereocenters. The zero-order valence-electron chi connectivity index (χ0n) is 9.25. The van der Waals surface area contributed by atoms with Gasteiger partial charge >= 0.3 is 0 Å². The van der Waals surface area contributed by atoms with Crippen LogP contribution < -0.4 is 0 Å². The van der Waals surface area contributed by atoms with Crippen molar-refractivity contribution >= 4 is 16.4 Å². The Morgan fingerprint density at radius 2 is 1.29 bits per heavy atom. The molecule has 0 atom stereocenters. The van der Waals surface area contributed by atoms with Crippen molar-refractivity contribution in [3.63, 3.8) is 0 Å². The zero-order chi connectivity index (χ0) is 11.5. The van der Waals surface area contributed by atoms with Crippen molar-refractivity contribution in [2.75, 3.05) is 0 Å². The smallest absolute Gasteiger partial charge is 0.0334 e. The maximum atomic E-state index is 2.31. The number of rotatable bonds is 2. The molecule has 0 fully saturated rings. The van der Waals surface area contributed by atoms with Gasteiger partial charge in [0.05, 0.1) is 0 Å². The zero-order valence-corrected chi connectivity index (χ0v) is 11.0. The summed E-state index contributed by atoms with van der Waals surface area (Å²) in [5.74, 6) is 0. The van der Waals surface area contributed by atoms with Gasteiger partial charge in [-0.1, -0.05) is 71.3 Å². The summed E-state index contributed by atoms with van der Waals surface area (Å²) in [5.41, 5.74) is 4.99. The van der Waals surface area contributed by atoms with E-state index in [-0.39, 0.29) is 0 Å². The van der Waals surface area contributed by atoms with Crippen LogP contribution in [0.2, 0.25) is 0 Å². The Bertz CT molecular complexity index is 543. The Morgan fingerprint density at radius 1 is 0.706 bits per heavy atom. The predicted octanol–water partition coefficient (Wildman–Crippen LogP) is 5.90. The fourth-order valence-corrected chi connectivity index (χ4v) is 4.48. The average molecular weight is 253 g/mol. The quantitative estimate of drug-likeness (QED) is 0.533. The van der Waals surface area contributed by atoms with E-state index in [0.29, 0.717) is 0 Å². The van der Waals surface area contributed by atoms with E-state index in [4.69, 9.17) is 0 Å². The highest BCUT2D eigenvalue weighted by Gasteiger charge is 1.99. The molecule has 2 aromatic carbocycles. The molecule has 82 valence electrons. The van der Waals surface area contributed by atoms with Gasteiger partial charge in [0.1, 0.15) is 0 Å². The first-order valence-corrected chi connectivity index (χ1v) is 7.46. The van der Waals surface area contributed by atoms with Crippen LogP contribution in [-0.4, -0.2) is 0 Å². The maximum Gasteiger partial charge on any atom is -0.0334 e. The first kappa shape index (κ1) is 10.8. The summed E-state index contributed by atoms with van der Waals surface area (Å²) in [6.45, 7) is 0. The predicted molar refractivity (Wildman–Crippen MR) is 77.9 cm³/mol. The van der Waals surface area contributed by atoms with Crippen LogP contribution in [0.5, 0.6) is 0 Å². The lowest BCUT2D eigenvalue weighted by molar-refractivity contribution is 1.68. The van der Waals surface area contributed by atoms with Crippen LogP contribution >= 0.6 is 16.4 Å². The van der Waals surface area contributed by atoms with E-state index in [1.165, 1.54) is 38.1 Å². The van der Waals surface area contributed by atoms with Gasteiger partial charge in [0.25, 0.3) is 0 Å². The molecular weight excluding hydrogens is 242 g/mol. The monoisotopic (exact) mass is 253 g/mol. The van der Waals surface area contributed by atoms with Crippen molar-refractivity contribution in [1.29, 1.82) is 0 Å². The molecule has 0 radical (unpaired) electrons. The normalized spacial score (nSPS) is 11.3. The van der Waals surface area contributed by atoms with Crippen molar-refractivity contribution in [1.82, 2.24) is 0 Å². The topological polar surface area (TPSA) is 0 Å². The van der Waals surface area contributed by atoms with Crippen LogP contribution in [0.1, 0.15) is 0 Å². The number of hydrogen-bond donors (Lipinski definition) is 0. The Balaban J connectivity index is 2.13. The third kappa shape index (κ3) is 2.20. The highest BCUT2D eigenvalue weighted by atomic mass is 31.1. The molecule has 17 heavy (non-hydrogen) atoms. The molecular formula is C15H11P2-. The van der Waals surface area contributed by atoms with Gasteiger partial charge in [-0.15, -0.1) is 0 Å². The van der Waals surface area contributed by atoms with Gasteiger partial charge in [0.2, 0.25) is 0 Å². The highest BCUT2D eigenvalue weighted by molar-refractivity contribution is 7.51. The minimum Gasteiger partial charge on any atom is -0.306 e. The van der Waals surface area contributed by atoms with Crippen LogP contribution in [0, 0.1) is 0 Å². The molecule has 0 amide bonds. The van der Waals surface area contributed by atoms with E-state index >= 15 is 0 Å². The molecule has 1 heterocycles. The third-order valence-electron chi connectivity index (χ3n) is 2.69. The molecule has 0 spiro atoms. The first-order valence-electron chi connectivity index (χ1n) is 5.53. The lowest BCUT2D eigenvalue weighted by atomic mass is 10.1. The average Bonchev–Trinajstić information content (AvgIpc) is 2.90. The fraction of sp³-hybridized carbons (Fsp3) is 0. The molecule has 0 nitrogen and oxygen atoms in total. The van der Waals surface area contributed by atoms with Gasteiger partial charge in [-0.05, 0) is 11.1 Å². The fourth-order valence-electron chi connectivity index (χ4n) is 1.88. The van der Waals surface area contributed by atoms with Crippen molar-refractivity contribution in [3.8, 4) is 21.7 Å². The second-order valence-electron chi connectivity index (χ2n) is 3.80. The SMILES string of the molecule is c1ccc(-c2pc[p-]c2-c2ccccc2)cc1. The van der Waals surface area contributed by atoms with Crippen LogP contribution in [-0.2, 0) is 0 Å². The molecule has 0 aliphatic carbocycles. The number of benzene rings is 2. The lowest BCUT2D eigenvalue weighted by Crippen LogP contribution is -1.75. The van der Waals surface area contributed by atoms with Crippen molar-refractivity contribution in [2.45, 2.75) is 0 Å². The number of hydrogen-bond acceptors (Lipinski definition) is 0. The summed E-state index contributed by atoms with van der Waals surface area (Å²) in [7, 11) is 2.67. The second kappa shape index (κ2) is 4.88. The largest absolute Gasteiger partial charge is 0.306 e. The summed E-state index contributed by atoms with van der Waals surface area (Å²) >= 11 is 0. The summed E-state index contributed by atoms with van der Waals surface area (Å²) < 4.78 is 0. The van der Waals surface area contributed by atoms with Crippen molar-refractivity contribution < 1.29 is 0 Å². The van der Waals surface area contributed by atoms with Crippen LogP contribution in [0.4, 0.5) is 0 Å². The second-order valence-corrected chi connectivity index (χ2v) is 6.14. The van der Waals surface area contributed by atoms with Gasteiger partial charge in [-0.25, -0.2) is 0 Å². The van der Waals surface area contributed by atoms with E-state index in [1.807, 2.05) is 0 Å². The van der Waals surface area contributed by atoms with Gasteiger partial charge in [0, 0.05) is 0 Å². The van der Waals surface area contributed by atoms with Gasteiger partial charge in [-0.3, -0.25) is 0 Å². The Kier molecular flexibility index (Phi) is 3.10. The standard InChI is InChI=1S/C15H11P2/c1-3-7-12(8-4-1)14-15(17-11-16-14)13-9-5-2-6-10-13/h1-11H/q-1. The van der Waals surface area contributed by atoms with E-state index < -0.39 is 0 Å². The summed E-state index contributed by atoms with van der Waals surface area (Å²) in [6.07, 6.45) is 0. The van der Waals surface area contributed by atoms with Gasteiger partial charge in [0.15, 0.2) is 0 Å². The minimum atomic E-state index is 1.33. The first-order chi connectivity index (χ1) is 8.45. The van der Waals surface area contributed by atoms with Crippen molar-refractivity contribution in [3.05, 3.63) is 66.2 Å². The Hall–Kier alpha value is -1.35. The van der Waals surface area contributed by atoms with E-state index in [0.717, 1.165) is 0 Å². The van der Waals surface area contributed by atoms with Crippen molar-refractivity contribution in [2.24, 2.45) is 0 Å². The highest BCUT2D eigenvalue weighted by Crippen LogP contribution is 2.45. The molecule has 3 aromatic rings. The van der Waals surface area contributed by atoms with Gasteiger partial charge in [-0.2, -0.15) is 5.53 Å². The molecule has 1 aromatic heterocycles. The molecule has 0 bridgehead atoms. The van der Waals surface area contributed by atoms with Crippen LogP contribution in [0.15, 0.2) is 66.2 Å². The molecule has 0 aliphatic rings. The third-order valence-corrected chi connectivity index (χ3v) is 5.27. The lowest BCUT2D eigenvalue weighted by Gasteiger charge is -2.10. The van der Waals surface area contributed by atoms with E-state index in [9.17, 15) is 0 Å². The Morgan fingerprint density at radius 3 is 1.94 bits per heavy atom. The maximum absolute atomic E-state index is 2.31. The summed E-state index contributed by atoms with van der Waals surface area (Å²) in [6, 6.07) is 21.3. The molecule has 0 aliphatic heterocycles. The van der Waals surface area contributed by atoms with E-state index in [2.05, 4.69) is 66.2 Å². The molecule has 0 saturated carbocycles. The summed E-state index contributed by atoms with van der Waals surface area (Å²) in [4.78, 5) is 0. The van der Waals surface area contributed by atoms with Crippen LogP contribution in [0.3, 0.4) is 0 Å². The molecule has 0 N–H and O–H groups in total. The minimum absolute atomic E-state index is 1.33. The Labute approximate surface area is 105 Å². The molecule has 2 heteroatoms.